The van der Waals surface area contributed by atoms with Gasteiger partial charge in [0.15, 0.2) is 5.60 Å². The van der Waals surface area contributed by atoms with Crippen LogP contribution in [0.25, 0.3) is 11.0 Å². The molecule has 2 saturated heterocycles. The number of fused-ring (bicyclic) bond motifs is 1. The fraction of sp³-hybridized carbons (Fsp3) is 0.387. The monoisotopic (exact) mass is 559 g/mol. The topological polar surface area (TPSA) is 92.4 Å². The first-order valence-electron chi connectivity index (χ1n) is 14.0. The molecular formula is C31H34ClN5O3. The molecule has 2 fully saturated rings. The molecule has 4 heterocycles. The number of aliphatic hydroxyl groups is 1. The van der Waals surface area contributed by atoms with Crippen LogP contribution in [0.4, 0.5) is 0 Å². The molecule has 2 N–H and O–H groups in total. The first-order valence-corrected chi connectivity index (χ1v) is 14.4. The van der Waals surface area contributed by atoms with Gasteiger partial charge >= 0.3 is 0 Å². The average Bonchev–Trinajstić information content (AvgIpc) is 3.39. The highest BCUT2D eigenvalue weighted by atomic mass is 35.5. The van der Waals surface area contributed by atoms with Crippen molar-refractivity contribution in [2.75, 3.05) is 26.2 Å². The van der Waals surface area contributed by atoms with Crippen molar-refractivity contribution in [1.82, 2.24) is 24.3 Å². The fourth-order valence-corrected chi connectivity index (χ4v) is 6.35. The zero-order chi connectivity index (χ0) is 27.7. The van der Waals surface area contributed by atoms with Gasteiger partial charge in [-0.2, -0.15) is 0 Å². The van der Waals surface area contributed by atoms with Crippen molar-refractivity contribution in [3.8, 4) is 0 Å². The maximum Gasteiger partial charge on any atom is 0.262 e. The molecule has 2 aliphatic heterocycles. The first kappa shape index (κ1) is 26.7. The molecule has 9 heteroatoms. The Morgan fingerprint density at radius 2 is 1.80 bits per heavy atom. The molecule has 0 bridgehead atoms. The van der Waals surface area contributed by atoms with Gasteiger partial charge in [-0.25, -0.2) is 4.98 Å². The number of rotatable bonds is 6. The molecular weight excluding hydrogens is 526 g/mol. The van der Waals surface area contributed by atoms with Crippen LogP contribution in [0.3, 0.4) is 0 Å². The van der Waals surface area contributed by atoms with Gasteiger partial charge in [-0.05, 0) is 61.1 Å². The van der Waals surface area contributed by atoms with Gasteiger partial charge in [0.1, 0.15) is 5.65 Å². The second-order valence-corrected chi connectivity index (χ2v) is 11.5. The van der Waals surface area contributed by atoms with Gasteiger partial charge in [0, 0.05) is 49.9 Å². The van der Waals surface area contributed by atoms with Gasteiger partial charge in [0.25, 0.3) is 11.5 Å². The number of carbonyl (C=O) groups excluding carboxylic acids is 1. The van der Waals surface area contributed by atoms with Crippen LogP contribution in [0.5, 0.6) is 0 Å². The zero-order valence-corrected chi connectivity index (χ0v) is 23.1. The molecule has 2 atom stereocenters. The molecule has 0 aliphatic carbocycles. The molecule has 8 nitrogen and oxygen atoms in total. The minimum atomic E-state index is -1.41. The molecule has 2 aromatic carbocycles. The molecule has 208 valence electrons. The van der Waals surface area contributed by atoms with E-state index in [4.69, 9.17) is 11.6 Å². The van der Waals surface area contributed by atoms with E-state index in [0.29, 0.717) is 61.7 Å². The van der Waals surface area contributed by atoms with E-state index in [2.05, 4.69) is 10.3 Å². The molecule has 4 aromatic rings. The van der Waals surface area contributed by atoms with Crippen molar-refractivity contribution in [2.45, 2.75) is 43.9 Å². The highest BCUT2D eigenvalue weighted by Gasteiger charge is 2.48. The molecule has 0 spiro atoms. The minimum Gasteiger partial charge on any atom is -0.379 e. The van der Waals surface area contributed by atoms with Crippen LogP contribution in [0.1, 0.15) is 36.3 Å². The average molecular weight is 560 g/mol. The Morgan fingerprint density at radius 1 is 1.05 bits per heavy atom. The summed E-state index contributed by atoms with van der Waals surface area (Å²) in [7, 11) is 0. The lowest BCUT2D eigenvalue weighted by Crippen LogP contribution is -2.59. The molecule has 1 amide bonds. The van der Waals surface area contributed by atoms with Crippen LogP contribution in [-0.4, -0.2) is 61.8 Å². The Bertz CT molecular complexity index is 1540. The van der Waals surface area contributed by atoms with Crippen LogP contribution >= 0.6 is 11.6 Å². The predicted octanol–water partition coefficient (Wildman–Crippen LogP) is 3.65. The van der Waals surface area contributed by atoms with Crippen molar-refractivity contribution in [1.29, 1.82) is 0 Å². The number of likely N-dealkylation sites (tertiary alicyclic amines) is 1. The van der Waals surface area contributed by atoms with Crippen molar-refractivity contribution in [3.63, 3.8) is 0 Å². The van der Waals surface area contributed by atoms with Gasteiger partial charge < -0.3 is 19.9 Å². The normalized spacial score (nSPS) is 22.1. The SMILES string of the molecule is O=C(N1CCC(Cn2cnc3c(ccn3Cc3ccc(Cl)cc3)c2=O)CC1)[C@@]1(O)CCNC[C@H]1c1ccccc1. The summed E-state index contributed by atoms with van der Waals surface area (Å²) in [6.07, 6.45) is 5.49. The number of benzene rings is 2. The lowest BCUT2D eigenvalue weighted by Gasteiger charge is -2.43. The number of hydrogen-bond donors (Lipinski definition) is 2. The van der Waals surface area contributed by atoms with Gasteiger partial charge in [0.2, 0.25) is 0 Å². The summed E-state index contributed by atoms with van der Waals surface area (Å²) in [5.41, 5.74) is 1.26. The Morgan fingerprint density at radius 3 is 2.55 bits per heavy atom. The maximum absolute atomic E-state index is 13.6. The molecule has 0 radical (unpaired) electrons. The second kappa shape index (κ2) is 11.2. The number of nitrogens with zero attached hydrogens (tertiary/aromatic N) is 4. The van der Waals surface area contributed by atoms with E-state index >= 15 is 0 Å². The second-order valence-electron chi connectivity index (χ2n) is 11.1. The molecule has 0 unspecified atom stereocenters. The summed E-state index contributed by atoms with van der Waals surface area (Å²) in [6.45, 7) is 3.50. The van der Waals surface area contributed by atoms with Crippen LogP contribution in [-0.2, 0) is 17.9 Å². The van der Waals surface area contributed by atoms with Gasteiger partial charge in [-0.15, -0.1) is 0 Å². The van der Waals surface area contributed by atoms with Gasteiger partial charge in [-0.3, -0.25) is 14.2 Å². The summed E-state index contributed by atoms with van der Waals surface area (Å²) in [5.74, 6) is -0.204. The highest BCUT2D eigenvalue weighted by molar-refractivity contribution is 6.30. The number of amides is 1. The number of piperidine rings is 2. The Balaban J connectivity index is 1.11. The van der Waals surface area contributed by atoms with Gasteiger partial charge in [0.05, 0.1) is 11.7 Å². The number of aromatic nitrogens is 3. The first-order chi connectivity index (χ1) is 19.4. The Kier molecular flexibility index (Phi) is 7.49. The number of hydrogen-bond acceptors (Lipinski definition) is 5. The highest BCUT2D eigenvalue weighted by Crippen LogP contribution is 2.36. The summed E-state index contributed by atoms with van der Waals surface area (Å²) in [6, 6.07) is 19.3. The smallest absolute Gasteiger partial charge is 0.262 e. The van der Waals surface area contributed by atoms with Crippen LogP contribution in [0.2, 0.25) is 5.02 Å². The van der Waals surface area contributed by atoms with E-state index in [-0.39, 0.29) is 23.3 Å². The zero-order valence-electron chi connectivity index (χ0n) is 22.4. The molecule has 0 saturated carbocycles. The van der Waals surface area contributed by atoms with E-state index in [1.165, 1.54) is 0 Å². The van der Waals surface area contributed by atoms with E-state index in [1.54, 1.807) is 10.9 Å². The third-order valence-electron chi connectivity index (χ3n) is 8.55. The van der Waals surface area contributed by atoms with E-state index < -0.39 is 5.60 Å². The van der Waals surface area contributed by atoms with Crippen molar-refractivity contribution < 1.29 is 9.90 Å². The quantitative estimate of drug-likeness (QED) is 0.376. The number of carbonyl (C=O) groups is 1. The summed E-state index contributed by atoms with van der Waals surface area (Å²) < 4.78 is 3.67. The van der Waals surface area contributed by atoms with Crippen LogP contribution < -0.4 is 10.9 Å². The Labute approximate surface area is 238 Å². The number of halogens is 1. The van der Waals surface area contributed by atoms with Crippen molar-refractivity contribution in [2.24, 2.45) is 5.92 Å². The largest absolute Gasteiger partial charge is 0.379 e. The molecule has 6 rings (SSSR count). The van der Waals surface area contributed by atoms with E-state index in [1.807, 2.05) is 76.3 Å². The Hall–Kier alpha value is -3.46. The van der Waals surface area contributed by atoms with Crippen LogP contribution in [0, 0.1) is 5.92 Å². The predicted molar refractivity (Wildman–Crippen MR) is 155 cm³/mol. The standard InChI is InChI=1S/C31H34ClN5O3/c32-25-8-6-22(7-9-25)19-36-17-12-26-28(36)34-21-37(29(26)38)20-23-10-15-35(16-11-23)30(39)31(40)13-14-33-18-27(31)24-4-2-1-3-5-24/h1-9,12,17,21,23,27,33,40H,10-11,13-16,18-20H2/t27-,31+/m0/s1. The molecule has 40 heavy (non-hydrogen) atoms. The third-order valence-corrected chi connectivity index (χ3v) is 8.80. The summed E-state index contributed by atoms with van der Waals surface area (Å²) in [5, 5.41) is 16.3. The maximum atomic E-state index is 13.6. The molecule has 2 aromatic heterocycles. The molecule has 2 aliphatic rings. The van der Waals surface area contributed by atoms with E-state index in [0.717, 1.165) is 24.0 Å². The minimum absolute atomic E-state index is 0.0481. The fourth-order valence-electron chi connectivity index (χ4n) is 6.22. The van der Waals surface area contributed by atoms with Crippen LogP contribution in [0.15, 0.2) is 78.0 Å². The third kappa shape index (κ3) is 5.19. The summed E-state index contributed by atoms with van der Waals surface area (Å²) in [4.78, 5) is 33.4. The van der Waals surface area contributed by atoms with E-state index in [9.17, 15) is 14.7 Å². The van der Waals surface area contributed by atoms with Gasteiger partial charge in [-0.1, -0.05) is 54.1 Å². The summed E-state index contributed by atoms with van der Waals surface area (Å²) >= 11 is 6.00. The van der Waals surface area contributed by atoms with Crippen molar-refractivity contribution >= 4 is 28.5 Å². The number of nitrogens with one attached hydrogen (secondary N) is 1. The lowest BCUT2D eigenvalue weighted by molar-refractivity contribution is -0.158. The van der Waals surface area contributed by atoms with Crippen molar-refractivity contribution in [3.05, 3.63) is 99.7 Å². The lowest BCUT2D eigenvalue weighted by atomic mass is 9.76.